The standard InChI is InChI=1S/C23H28ClN3O3/c1-15(2)22(28)27-13-12-20(16-4-10-19(30-3)11-5-16)21(14-27)26-23(29)25-18-8-6-17(24)7-9-18/h4-11,15,20-21H,12-14H2,1-3H3,(H2,25,26,29)/t20-,21+/m0/s1. The lowest BCUT2D eigenvalue weighted by atomic mass is 9.85. The number of ether oxygens (including phenoxy) is 1. The van der Waals surface area contributed by atoms with Crippen LogP contribution < -0.4 is 15.4 Å². The van der Waals surface area contributed by atoms with Crippen molar-refractivity contribution >= 4 is 29.2 Å². The van der Waals surface area contributed by atoms with Crippen LogP contribution >= 0.6 is 11.6 Å². The van der Waals surface area contributed by atoms with E-state index in [1.54, 1.807) is 31.4 Å². The van der Waals surface area contributed by atoms with Crippen LogP contribution in [0.2, 0.25) is 5.02 Å². The molecule has 0 bridgehead atoms. The van der Waals surface area contributed by atoms with Gasteiger partial charge in [-0.3, -0.25) is 4.79 Å². The average Bonchev–Trinajstić information content (AvgIpc) is 2.75. The van der Waals surface area contributed by atoms with Crippen LogP contribution in [0.15, 0.2) is 48.5 Å². The lowest BCUT2D eigenvalue weighted by molar-refractivity contribution is -0.136. The molecular weight excluding hydrogens is 402 g/mol. The van der Waals surface area contributed by atoms with Crippen LogP contribution in [0.1, 0.15) is 31.7 Å². The van der Waals surface area contributed by atoms with Gasteiger partial charge in [0, 0.05) is 35.6 Å². The van der Waals surface area contributed by atoms with Crippen LogP contribution in [0, 0.1) is 5.92 Å². The van der Waals surface area contributed by atoms with Gasteiger partial charge in [0.25, 0.3) is 0 Å². The molecule has 2 aromatic carbocycles. The second-order valence-electron chi connectivity index (χ2n) is 7.82. The van der Waals surface area contributed by atoms with Gasteiger partial charge in [0.1, 0.15) is 5.75 Å². The summed E-state index contributed by atoms with van der Waals surface area (Å²) in [6, 6.07) is 14.3. The first kappa shape index (κ1) is 22.0. The van der Waals surface area contributed by atoms with Crippen LogP contribution in [0.5, 0.6) is 5.75 Å². The summed E-state index contributed by atoms with van der Waals surface area (Å²) in [4.78, 5) is 27.1. The van der Waals surface area contributed by atoms with Crippen molar-refractivity contribution in [3.8, 4) is 5.75 Å². The van der Waals surface area contributed by atoms with Gasteiger partial charge in [0.15, 0.2) is 0 Å². The van der Waals surface area contributed by atoms with Gasteiger partial charge in [-0.15, -0.1) is 0 Å². The Morgan fingerprint density at radius 3 is 2.37 bits per heavy atom. The molecule has 0 aromatic heterocycles. The molecular formula is C23H28ClN3O3. The quantitative estimate of drug-likeness (QED) is 0.734. The highest BCUT2D eigenvalue weighted by Crippen LogP contribution is 2.30. The third kappa shape index (κ3) is 5.45. The fourth-order valence-electron chi connectivity index (χ4n) is 3.78. The molecule has 0 unspecified atom stereocenters. The van der Waals surface area contributed by atoms with Crippen molar-refractivity contribution in [1.82, 2.24) is 10.2 Å². The molecule has 0 spiro atoms. The zero-order valence-corrected chi connectivity index (χ0v) is 18.3. The first-order valence-electron chi connectivity index (χ1n) is 10.1. The predicted molar refractivity (Wildman–Crippen MR) is 119 cm³/mol. The molecule has 1 aliphatic rings. The highest BCUT2D eigenvalue weighted by atomic mass is 35.5. The lowest BCUT2D eigenvalue weighted by Crippen LogP contribution is -2.54. The molecule has 2 N–H and O–H groups in total. The zero-order valence-electron chi connectivity index (χ0n) is 17.5. The Labute approximate surface area is 182 Å². The SMILES string of the molecule is COc1ccc([C@@H]2CCN(C(=O)C(C)C)C[C@H]2NC(=O)Nc2ccc(Cl)cc2)cc1. The maximum absolute atomic E-state index is 12.7. The number of carbonyl (C=O) groups is 2. The third-order valence-electron chi connectivity index (χ3n) is 5.38. The van der Waals surface area contributed by atoms with Gasteiger partial charge in [-0.2, -0.15) is 0 Å². The summed E-state index contributed by atoms with van der Waals surface area (Å²) in [5.74, 6) is 0.915. The van der Waals surface area contributed by atoms with E-state index in [9.17, 15) is 9.59 Å². The molecule has 0 aliphatic carbocycles. The van der Waals surface area contributed by atoms with Crippen molar-refractivity contribution in [3.63, 3.8) is 0 Å². The summed E-state index contributed by atoms with van der Waals surface area (Å²) >= 11 is 5.91. The molecule has 1 fully saturated rings. The Kier molecular flexibility index (Phi) is 7.21. The van der Waals surface area contributed by atoms with Gasteiger partial charge in [-0.1, -0.05) is 37.6 Å². The summed E-state index contributed by atoms with van der Waals surface area (Å²) in [5.41, 5.74) is 1.77. The number of anilines is 1. The van der Waals surface area contributed by atoms with Gasteiger partial charge < -0.3 is 20.3 Å². The molecule has 7 heteroatoms. The maximum atomic E-state index is 12.7. The van der Waals surface area contributed by atoms with E-state index in [-0.39, 0.29) is 29.8 Å². The first-order chi connectivity index (χ1) is 14.4. The Balaban J connectivity index is 1.76. The summed E-state index contributed by atoms with van der Waals surface area (Å²) in [6.45, 7) is 4.94. The molecule has 2 atom stereocenters. The smallest absolute Gasteiger partial charge is 0.319 e. The summed E-state index contributed by atoms with van der Waals surface area (Å²) in [5, 5.41) is 6.52. The van der Waals surface area contributed by atoms with E-state index >= 15 is 0 Å². The van der Waals surface area contributed by atoms with Crippen LogP contribution in [0.3, 0.4) is 0 Å². The fraction of sp³-hybridized carbons (Fsp3) is 0.391. The highest BCUT2D eigenvalue weighted by Gasteiger charge is 2.34. The fourth-order valence-corrected chi connectivity index (χ4v) is 3.91. The maximum Gasteiger partial charge on any atom is 0.319 e. The van der Waals surface area contributed by atoms with Gasteiger partial charge in [-0.05, 0) is 48.4 Å². The Morgan fingerprint density at radius 2 is 1.77 bits per heavy atom. The minimum atomic E-state index is -0.306. The first-order valence-corrected chi connectivity index (χ1v) is 10.5. The summed E-state index contributed by atoms with van der Waals surface area (Å²) in [7, 11) is 1.64. The van der Waals surface area contributed by atoms with Crippen LogP contribution in [-0.2, 0) is 4.79 Å². The molecule has 3 amide bonds. The van der Waals surface area contributed by atoms with Gasteiger partial charge in [-0.25, -0.2) is 4.79 Å². The minimum Gasteiger partial charge on any atom is -0.497 e. The third-order valence-corrected chi connectivity index (χ3v) is 5.63. The number of urea groups is 1. The Hall–Kier alpha value is -2.73. The number of nitrogens with one attached hydrogen (secondary N) is 2. The number of nitrogens with zero attached hydrogens (tertiary/aromatic N) is 1. The Morgan fingerprint density at radius 1 is 1.10 bits per heavy atom. The van der Waals surface area contributed by atoms with E-state index in [0.29, 0.717) is 23.8 Å². The number of rotatable bonds is 5. The second-order valence-corrected chi connectivity index (χ2v) is 8.26. The van der Waals surface area contributed by atoms with E-state index < -0.39 is 0 Å². The molecule has 1 aliphatic heterocycles. The largest absolute Gasteiger partial charge is 0.497 e. The molecule has 3 rings (SSSR count). The van der Waals surface area contributed by atoms with E-state index in [4.69, 9.17) is 16.3 Å². The predicted octanol–water partition coefficient (Wildman–Crippen LogP) is 4.51. The number of carbonyl (C=O) groups excluding carboxylic acids is 2. The number of benzene rings is 2. The summed E-state index contributed by atoms with van der Waals surface area (Å²) in [6.07, 6.45) is 0.774. The monoisotopic (exact) mass is 429 g/mol. The average molecular weight is 430 g/mol. The van der Waals surface area contributed by atoms with Gasteiger partial charge in [0.05, 0.1) is 13.2 Å². The lowest BCUT2D eigenvalue weighted by Gasteiger charge is -2.40. The Bertz CT molecular complexity index is 868. The van der Waals surface area contributed by atoms with Crippen molar-refractivity contribution in [1.29, 1.82) is 0 Å². The molecule has 0 radical (unpaired) electrons. The van der Waals surface area contributed by atoms with E-state index in [0.717, 1.165) is 17.7 Å². The highest BCUT2D eigenvalue weighted by molar-refractivity contribution is 6.30. The number of halogens is 1. The number of likely N-dealkylation sites (tertiary alicyclic amines) is 1. The van der Waals surface area contributed by atoms with Crippen LogP contribution in [-0.4, -0.2) is 43.1 Å². The van der Waals surface area contributed by atoms with Gasteiger partial charge in [0.2, 0.25) is 5.91 Å². The van der Waals surface area contributed by atoms with Crippen molar-refractivity contribution in [3.05, 3.63) is 59.1 Å². The second kappa shape index (κ2) is 9.85. The summed E-state index contributed by atoms with van der Waals surface area (Å²) < 4.78 is 5.26. The molecule has 6 nitrogen and oxygen atoms in total. The van der Waals surface area contributed by atoms with Crippen LogP contribution in [0.25, 0.3) is 0 Å². The van der Waals surface area contributed by atoms with Gasteiger partial charge >= 0.3 is 6.03 Å². The molecule has 0 saturated carbocycles. The minimum absolute atomic E-state index is 0.0777. The van der Waals surface area contributed by atoms with E-state index in [2.05, 4.69) is 10.6 Å². The number of piperidine rings is 1. The van der Waals surface area contributed by atoms with E-state index in [1.807, 2.05) is 43.0 Å². The molecule has 1 saturated heterocycles. The topological polar surface area (TPSA) is 70.7 Å². The van der Waals surface area contributed by atoms with Crippen LogP contribution in [0.4, 0.5) is 10.5 Å². The zero-order chi connectivity index (χ0) is 21.7. The molecule has 2 aromatic rings. The number of hydrogen-bond donors (Lipinski definition) is 2. The normalized spacial score (nSPS) is 18.8. The van der Waals surface area contributed by atoms with Crippen molar-refractivity contribution < 1.29 is 14.3 Å². The number of methoxy groups -OCH3 is 1. The van der Waals surface area contributed by atoms with Crippen molar-refractivity contribution in [2.75, 3.05) is 25.5 Å². The van der Waals surface area contributed by atoms with Crippen molar-refractivity contribution in [2.24, 2.45) is 5.92 Å². The number of amides is 3. The molecule has 30 heavy (non-hydrogen) atoms. The van der Waals surface area contributed by atoms with E-state index in [1.165, 1.54) is 0 Å². The molecule has 160 valence electrons. The molecule has 1 heterocycles. The number of hydrogen-bond acceptors (Lipinski definition) is 3. The van der Waals surface area contributed by atoms with Crippen molar-refractivity contribution in [2.45, 2.75) is 32.2 Å².